The van der Waals surface area contributed by atoms with Crippen molar-refractivity contribution in [3.63, 3.8) is 0 Å². The highest BCUT2D eigenvalue weighted by Gasteiger charge is 2.09. The fourth-order valence-corrected chi connectivity index (χ4v) is 1.05. The van der Waals surface area contributed by atoms with E-state index in [9.17, 15) is 13.9 Å². The molecule has 0 aliphatic heterocycles. The van der Waals surface area contributed by atoms with Crippen LogP contribution in [0, 0.1) is 6.92 Å². The molecule has 0 aliphatic carbocycles. The molecule has 1 nitrogen and oxygen atoms in total. The quantitative estimate of drug-likeness (QED) is 0.726. The maximum Gasteiger partial charge on any atom is 0.242 e. The van der Waals surface area contributed by atoms with Crippen molar-refractivity contribution in [3.05, 3.63) is 29.3 Å². The van der Waals surface area contributed by atoms with E-state index in [1.807, 2.05) is 0 Å². The number of phenols is 1. The molecule has 1 aromatic carbocycles. The van der Waals surface area contributed by atoms with Crippen molar-refractivity contribution in [3.8, 4) is 5.75 Å². The molecule has 0 amide bonds. The van der Waals surface area contributed by atoms with Crippen LogP contribution in [0.5, 0.6) is 5.75 Å². The lowest BCUT2D eigenvalue weighted by Gasteiger charge is -2.05. The first-order chi connectivity index (χ1) is 5.61. The second-order valence-electron chi connectivity index (χ2n) is 2.68. The van der Waals surface area contributed by atoms with Crippen molar-refractivity contribution >= 4 is 0 Å². The third kappa shape index (κ3) is 1.94. The second-order valence-corrected chi connectivity index (χ2v) is 2.68. The molecule has 1 aromatic rings. The Hall–Kier alpha value is -1.12. The lowest BCUT2D eigenvalue weighted by atomic mass is 10.1. The summed E-state index contributed by atoms with van der Waals surface area (Å²) in [7, 11) is 0. The summed E-state index contributed by atoms with van der Waals surface area (Å²) in [4.78, 5) is 0. The maximum absolute atomic E-state index is 11.9. The first kappa shape index (κ1) is 8.97. The molecule has 0 saturated heterocycles. The molecule has 0 saturated carbocycles. The number of alkyl halides is 2. The number of benzene rings is 1. The van der Waals surface area contributed by atoms with Gasteiger partial charge < -0.3 is 5.11 Å². The van der Waals surface area contributed by atoms with Gasteiger partial charge in [-0.15, -0.1) is 0 Å². The summed E-state index contributed by atoms with van der Waals surface area (Å²) in [5.74, 6) is -0.0159. The zero-order valence-electron chi connectivity index (χ0n) is 6.72. The van der Waals surface area contributed by atoms with Crippen molar-refractivity contribution in [1.82, 2.24) is 0 Å². The Morgan fingerprint density at radius 3 is 2.67 bits per heavy atom. The van der Waals surface area contributed by atoms with Crippen LogP contribution in [-0.4, -0.2) is 11.5 Å². The van der Waals surface area contributed by atoms with E-state index >= 15 is 0 Å². The number of aromatic hydroxyl groups is 1. The summed E-state index contributed by atoms with van der Waals surface area (Å²) in [6, 6.07) is 4.85. The van der Waals surface area contributed by atoms with Crippen LogP contribution in [0.2, 0.25) is 0 Å². The van der Waals surface area contributed by atoms with E-state index in [2.05, 4.69) is 0 Å². The molecule has 0 atom stereocenters. The van der Waals surface area contributed by atoms with Crippen LogP contribution >= 0.6 is 0 Å². The standard InChI is InChI=1S/C9H10F2O/c1-6-3-2-4-7(9(6)12)5-8(10)11/h2-4,8,12H,5H2,1H3. The van der Waals surface area contributed by atoms with Gasteiger partial charge in [0.2, 0.25) is 6.43 Å². The molecule has 0 unspecified atom stereocenters. The number of phenolic OH excluding ortho intramolecular Hbond substituents is 1. The van der Waals surface area contributed by atoms with Gasteiger partial charge in [0.15, 0.2) is 0 Å². The predicted molar refractivity (Wildman–Crippen MR) is 42.6 cm³/mol. The molecule has 0 aliphatic rings. The van der Waals surface area contributed by atoms with E-state index in [4.69, 9.17) is 0 Å². The molecular formula is C9H10F2O. The highest BCUT2D eigenvalue weighted by atomic mass is 19.3. The molecule has 0 heterocycles. The summed E-state index contributed by atoms with van der Waals surface area (Å²) < 4.78 is 23.8. The van der Waals surface area contributed by atoms with Gasteiger partial charge in [0.05, 0.1) is 0 Å². The van der Waals surface area contributed by atoms with E-state index in [0.29, 0.717) is 11.1 Å². The Kier molecular flexibility index (Phi) is 2.63. The third-order valence-corrected chi connectivity index (χ3v) is 1.70. The SMILES string of the molecule is Cc1cccc(CC(F)F)c1O. The van der Waals surface area contributed by atoms with Crippen LogP contribution in [0.1, 0.15) is 11.1 Å². The van der Waals surface area contributed by atoms with Crippen LogP contribution in [0.4, 0.5) is 8.78 Å². The molecule has 0 radical (unpaired) electrons. The molecule has 0 bridgehead atoms. The van der Waals surface area contributed by atoms with E-state index in [1.165, 1.54) is 6.07 Å². The molecule has 66 valence electrons. The summed E-state index contributed by atoms with van der Waals surface area (Å²) in [5, 5.41) is 9.31. The summed E-state index contributed by atoms with van der Waals surface area (Å²) >= 11 is 0. The monoisotopic (exact) mass is 172 g/mol. The van der Waals surface area contributed by atoms with Crippen LogP contribution in [0.3, 0.4) is 0 Å². The van der Waals surface area contributed by atoms with Gasteiger partial charge in [-0.3, -0.25) is 0 Å². The van der Waals surface area contributed by atoms with Crippen molar-refractivity contribution in [2.24, 2.45) is 0 Å². The maximum atomic E-state index is 11.9. The minimum atomic E-state index is -2.40. The van der Waals surface area contributed by atoms with Crippen LogP contribution in [-0.2, 0) is 6.42 Å². The van der Waals surface area contributed by atoms with Crippen molar-refractivity contribution < 1.29 is 13.9 Å². The first-order valence-electron chi connectivity index (χ1n) is 3.67. The van der Waals surface area contributed by atoms with Gasteiger partial charge in [-0.2, -0.15) is 0 Å². The zero-order chi connectivity index (χ0) is 9.14. The summed E-state index contributed by atoms with van der Waals surface area (Å²) in [6.45, 7) is 1.68. The van der Waals surface area contributed by atoms with Crippen LogP contribution in [0.15, 0.2) is 18.2 Å². The number of hydrogen-bond acceptors (Lipinski definition) is 1. The normalized spacial score (nSPS) is 10.7. The lowest BCUT2D eigenvalue weighted by molar-refractivity contribution is 0.148. The predicted octanol–water partition coefficient (Wildman–Crippen LogP) is 2.51. The molecule has 0 fully saturated rings. The number of halogens is 2. The fraction of sp³-hybridized carbons (Fsp3) is 0.333. The van der Waals surface area contributed by atoms with E-state index < -0.39 is 6.43 Å². The molecule has 12 heavy (non-hydrogen) atoms. The second kappa shape index (κ2) is 3.52. The Balaban J connectivity index is 2.92. The number of para-hydroxylation sites is 1. The van der Waals surface area contributed by atoms with Crippen molar-refractivity contribution in [2.75, 3.05) is 0 Å². The third-order valence-electron chi connectivity index (χ3n) is 1.70. The topological polar surface area (TPSA) is 20.2 Å². The first-order valence-corrected chi connectivity index (χ1v) is 3.67. The smallest absolute Gasteiger partial charge is 0.242 e. The summed E-state index contributed by atoms with van der Waals surface area (Å²) in [6.07, 6.45) is -2.79. The van der Waals surface area contributed by atoms with Gasteiger partial charge in [-0.1, -0.05) is 18.2 Å². The average molecular weight is 172 g/mol. The summed E-state index contributed by atoms with van der Waals surface area (Å²) in [5.41, 5.74) is 0.943. The van der Waals surface area contributed by atoms with Gasteiger partial charge in [-0.25, -0.2) is 8.78 Å². The molecule has 3 heteroatoms. The Morgan fingerprint density at radius 2 is 2.08 bits per heavy atom. The van der Waals surface area contributed by atoms with Crippen molar-refractivity contribution in [1.29, 1.82) is 0 Å². The zero-order valence-corrected chi connectivity index (χ0v) is 6.72. The molecular weight excluding hydrogens is 162 g/mol. The minimum Gasteiger partial charge on any atom is -0.507 e. The van der Waals surface area contributed by atoms with E-state index in [-0.39, 0.29) is 12.2 Å². The fourth-order valence-electron chi connectivity index (χ4n) is 1.05. The largest absolute Gasteiger partial charge is 0.507 e. The Labute approximate surface area is 69.7 Å². The highest BCUT2D eigenvalue weighted by molar-refractivity contribution is 5.39. The number of hydrogen-bond donors (Lipinski definition) is 1. The molecule has 1 rings (SSSR count). The molecule has 1 N–H and O–H groups in total. The van der Waals surface area contributed by atoms with Gasteiger partial charge in [0.1, 0.15) is 5.75 Å². The number of rotatable bonds is 2. The molecule has 0 spiro atoms. The average Bonchev–Trinajstić information content (AvgIpc) is 1.98. The van der Waals surface area contributed by atoms with E-state index in [1.54, 1.807) is 19.1 Å². The van der Waals surface area contributed by atoms with Gasteiger partial charge in [0.25, 0.3) is 0 Å². The van der Waals surface area contributed by atoms with Gasteiger partial charge in [-0.05, 0) is 18.1 Å². The number of aryl methyl sites for hydroxylation is 1. The van der Waals surface area contributed by atoms with Gasteiger partial charge >= 0.3 is 0 Å². The highest BCUT2D eigenvalue weighted by Crippen LogP contribution is 2.23. The Morgan fingerprint density at radius 1 is 1.42 bits per heavy atom. The van der Waals surface area contributed by atoms with E-state index in [0.717, 1.165) is 0 Å². The lowest BCUT2D eigenvalue weighted by Crippen LogP contribution is -1.97. The van der Waals surface area contributed by atoms with Crippen LogP contribution < -0.4 is 0 Å². The van der Waals surface area contributed by atoms with Crippen LogP contribution in [0.25, 0.3) is 0 Å². The minimum absolute atomic E-state index is 0.0159. The molecule has 0 aromatic heterocycles. The Bertz CT molecular complexity index is 271. The van der Waals surface area contributed by atoms with Gasteiger partial charge in [0, 0.05) is 6.42 Å². The van der Waals surface area contributed by atoms with Crippen molar-refractivity contribution in [2.45, 2.75) is 19.8 Å².